The first-order valence-electron chi connectivity index (χ1n) is 13.2. The summed E-state index contributed by atoms with van der Waals surface area (Å²) in [4.78, 5) is 19.4. The summed E-state index contributed by atoms with van der Waals surface area (Å²) >= 11 is 0. The van der Waals surface area contributed by atoms with Crippen LogP contribution >= 0.6 is 0 Å². The van der Waals surface area contributed by atoms with Crippen LogP contribution in [0, 0.1) is 6.92 Å². The normalized spacial score (nSPS) is 17.2. The van der Waals surface area contributed by atoms with Crippen LogP contribution in [0.25, 0.3) is 50.4 Å². The van der Waals surface area contributed by atoms with E-state index >= 15 is 0 Å². The van der Waals surface area contributed by atoms with Crippen molar-refractivity contribution in [1.82, 2.24) is 19.9 Å². The number of para-hydroxylation sites is 1. The van der Waals surface area contributed by atoms with Gasteiger partial charge in [-0.3, -0.25) is 4.98 Å². The van der Waals surface area contributed by atoms with E-state index in [1.165, 1.54) is 5.56 Å². The summed E-state index contributed by atoms with van der Waals surface area (Å²) in [6.45, 7) is 2.08. The fraction of sp³-hybridized carbons (Fsp3) is 0.0857. The SMILES string of the molecule is Cc1ccc(-c2nc(C3=C/C/C=C\C=C/C/C=C\3)nc(-c3ccc(-c4cccc5cccnc45)cc3)n2)cc1. The lowest BCUT2D eigenvalue weighted by Gasteiger charge is -2.10. The summed E-state index contributed by atoms with van der Waals surface area (Å²) in [5.74, 6) is 1.99. The number of nitrogens with zero attached hydrogens (tertiary/aromatic N) is 4. The van der Waals surface area contributed by atoms with E-state index in [1.54, 1.807) is 0 Å². The summed E-state index contributed by atoms with van der Waals surface area (Å²) in [6.07, 6.45) is 18.4. The van der Waals surface area contributed by atoms with E-state index in [0.29, 0.717) is 17.5 Å². The number of aryl methyl sites for hydroxylation is 1. The van der Waals surface area contributed by atoms with Crippen molar-refractivity contribution >= 4 is 16.5 Å². The lowest BCUT2D eigenvalue weighted by molar-refractivity contribution is 1.03. The standard InChI is InChI=1S/C35H28N4/c1-25-16-18-29(19-17-25)34-37-33(28-11-7-5-3-2-4-6-8-12-28)38-35(39-34)30-22-20-26(21-23-30)31-15-9-13-27-14-10-24-36-32(27)31/h2-5,8-24H,6-7H2,1H3/b4-2-,5-3-,12-8-,28-11+. The predicted molar refractivity (Wildman–Crippen MR) is 161 cm³/mol. The number of aromatic nitrogens is 4. The molecule has 0 amide bonds. The number of allylic oxidation sites excluding steroid dienone is 8. The number of rotatable bonds is 4. The maximum Gasteiger partial charge on any atom is 0.164 e. The van der Waals surface area contributed by atoms with Gasteiger partial charge in [-0.05, 0) is 31.4 Å². The van der Waals surface area contributed by atoms with Gasteiger partial charge in [0, 0.05) is 33.8 Å². The number of benzene rings is 3. The Kier molecular flexibility index (Phi) is 7.00. The molecule has 0 unspecified atom stereocenters. The molecule has 4 nitrogen and oxygen atoms in total. The smallest absolute Gasteiger partial charge is 0.164 e. The van der Waals surface area contributed by atoms with Crippen molar-refractivity contribution in [2.24, 2.45) is 0 Å². The average molecular weight is 505 g/mol. The lowest BCUT2D eigenvalue weighted by atomic mass is 10.0. The monoisotopic (exact) mass is 504 g/mol. The van der Waals surface area contributed by atoms with Crippen molar-refractivity contribution in [3.05, 3.63) is 139 Å². The van der Waals surface area contributed by atoms with E-state index in [-0.39, 0.29) is 0 Å². The first kappa shape index (κ1) is 24.4. The molecule has 6 rings (SSSR count). The largest absolute Gasteiger partial charge is 0.256 e. The fourth-order valence-electron chi connectivity index (χ4n) is 4.62. The second kappa shape index (κ2) is 11.2. The first-order chi connectivity index (χ1) is 19.2. The van der Waals surface area contributed by atoms with Crippen molar-refractivity contribution in [1.29, 1.82) is 0 Å². The van der Waals surface area contributed by atoms with E-state index in [0.717, 1.165) is 51.6 Å². The summed E-state index contributed by atoms with van der Waals surface area (Å²) in [7, 11) is 0. The molecule has 0 fully saturated rings. The predicted octanol–water partition coefficient (Wildman–Crippen LogP) is 8.58. The highest BCUT2D eigenvalue weighted by Crippen LogP contribution is 2.30. The highest BCUT2D eigenvalue weighted by molar-refractivity contribution is 5.93. The van der Waals surface area contributed by atoms with Gasteiger partial charge in [0.1, 0.15) is 0 Å². The topological polar surface area (TPSA) is 51.6 Å². The third-order valence-electron chi connectivity index (χ3n) is 6.72. The van der Waals surface area contributed by atoms with Crippen LogP contribution in [-0.2, 0) is 0 Å². The van der Waals surface area contributed by atoms with Crippen LogP contribution in [-0.4, -0.2) is 19.9 Å². The van der Waals surface area contributed by atoms with E-state index in [4.69, 9.17) is 15.0 Å². The third kappa shape index (κ3) is 5.51. The minimum Gasteiger partial charge on any atom is -0.256 e. The summed E-state index contributed by atoms with van der Waals surface area (Å²) in [6, 6.07) is 27.1. The number of pyridine rings is 1. The zero-order valence-corrected chi connectivity index (χ0v) is 21.8. The second-order valence-electron chi connectivity index (χ2n) is 9.52. The van der Waals surface area contributed by atoms with Crippen LogP contribution in [0.2, 0.25) is 0 Å². The maximum absolute atomic E-state index is 4.95. The molecule has 0 atom stereocenters. The third-order valence-corrected chi connectivity index (χ3v) is 6.72. The molecule has 0 saturated heterocycles. The van der Waals surface area contributed by atoms with Gasteiger partial charge in [-0.15, -0.1) is 0 Å². The second-order valence-corrected chi connectivity index (χ2v) is 9.52. The van der Waals surface area contributed by atoms with Gasteiger partial charge in [0.2, 0.25) is 0 Å². The molecular weight excluding hydrogens is 476 g/mol. The quantitative estimate of drug-likeness (QED) is 0.246. The molecule has 1 aliphatic carbocycles. The van der Waals surface area contributed by atoms with E-state index in [1.807, 2.05) is 12.3 Å². The Bertz CT molecular complexity index is 1740. The van der Waals surface area contributed by atoms with Crippen molar-refractivity contribution in [3.63, 3.8) is 0 Å². The van der Waals surface area contributed by atoms with Crippen LogP contribution in [0.15, 0.2) is 128 Å². The highest BCUT2D eigenvalue weighted by Gasteiger charge is 2.13. The van der Waals surface area contributed by atoms with Gasteiger partial charge >= 0.3 is 0 Å². The zero-order valence-electron chi connectivity index (χ0n) is 21.8. The molecule has 3 aromatic carbocycles. The number of hydrogen-bond donors (Lipinski definition) is 0. The van der Waals surface area contributed by atoms with Gasteiger partial charge in [0.05, 0.1) is 5.52 Å². The molecule has 0 saturated carbocycles. The Hall–Kier alpha value is -4.96. The number of hydrogen-bond acceptors (Lipinski definition) is 4. The summed E-state index contributed by atoms with van der Waals surface area (Å²) in [5, 5.41) is 1.13. The van der Waals surface area contributed by atoms with Gasteiger partial charge in [-0.2, -0.15) is 0 Å². The molecule has 39 heavy (non-hydrogen) atoms. The molecule has 0 N–H and O–H groups in total. The summed E-state index contributed by atoms with van der Waals surface area (Å²) in [5.41, 5.74) is 7.31. The van der Waals surface area contributed by atoms with Gasteiger partial charge in [0.15, 0.2) is 17.5 Å². The Balaban J connectivity index is 1.43. The average Bonchev–Trinajstić information content (AvgIpc) is 3.00. The molecule has 2 aromatic heterocycles. The summed E-state index contributed by atoms with van der Waals surface area (Å²) < 4.78 is 0. The lowest BCUT2D eigenvalue weighted by Crippen LogP contribution is -2.02. The molecule has 0 aliphatic heterocycles. The van der Waals surface area contributed by atoms with Crippen molar-refractivity contribution in [2.75, 3.05) is 0 Å². The van der Waals surface area contributed by atoms with Gasteiger partial charge < -0.3 is 0 Å². The molecule has 0 spiro atoms. The van der Waals surface area contributed by atoms with Crippen molar-refractivity contribution < 1.29 is 0 Å². The first-order valence-corrected chi connectivity index (χ1v) is 13.2. The van der Waals surface area contributed by atoms with E-state index in [2.05, 4.69) is 127 Å². The van der Waals surface area contributed by atoms with Crippen LogP contribution in [0.1, 0.15) is 24.2 Å². The Morgan fingerprint density at radius 1 is 0.590 bits per heavy atom. The minimum absolute atomic E-state index is 0.653. The highest BCUT2D eigenvalue weighted by atomic mass is 15.0. The Morgan fingerprint density at radius 3 is 2.00 bits per heavy atom. The van der Waals surface area contributed by atoms with Crippen LogP contribution in [0.3, 0.4) is 0 Å². The van der Waals surface area contributed by atoms with E-state index < -0.39 is 0 Å². The Labute approximate surface area is 228 Å². The van der Waals surface area contributed by atoms with Crippen LogP contribution in [0.4, 0.5) is 0 Å². The van der Waals surface area contributed by atoms with Crippen molar-refractivity contribution in [2.45, 2.75) is 19.8 Å². The molecule has 0 bridgehead atoms. The maximum atomic E-state index is 4.95. The molecule has 4 heteroatoms. The van der Waals surface area contributed by atoms with E-state index in [9.17, 15) is 0 Å². The molecule has 0 radical (unpaired) electrons. The molecule has 5 aromatic rings. The van der Waals surface area contributed by atoms with Gasteiger partial charge in [-0.1, -0.05) is 121 Å². The van der Waals surface area contributed by atoms with Gasteiger partial charge in [-0.25, -0.2) is 15.0 Å². The molecular formula is C35H28N4. The molecule has 2 heterocycles. The molecule has 188 valence electrons. The van der Waals surface area contributed by atoms with Crippen LogP contribution in [0.5, 0.6) is 0 Å². The Morgan fingerprint density at radius 2 is 1.23 bits per heavy atom. The zero-order chi connectivity index (χ0) is 26.4. The fourth-order valence-corrected chi connectivity index (χ4v) is 4.62. The number of fused-ring (bicyclic) bond motifs is 1. The van der Waals surface area contributed by atoms with Crippen molar-refractivity contribution in [3.8, 4) is 33.9 Å². The minimum atomic E-state index is 0.653. The van der Waals surface area contributed by atoms with Gasteiger partial charge in [0.25, 0.3) is 0 Å². The molecule has 1 aliphatic rings. The van der Waals surface area contributed by atoms with Crippen LogP contribution < -0.4 is 0 Å².